The summed E-state index contributed by atoms with van der Waals surface area (Å²) in [5.41, 5.74) is 1.50. The van der Waals surface area contributed by atoms with Crippen molar-refractivity contribution < 1.29 is 32.2 Å². The van der Waals surface area contributed by atoms with Gasteiger partial charge in [0.25, 0.3) is 10.0 Å². The monoisotopic (exact) mass is 532 g/mol. The number of benzene rings is 3. The number of methoxy groups -OCH3 is 3. The standard InChI is InChI=1S/C25H25ClN2O7S/c1-16-5-8-18(9-6-16)28(36(31,32)19-10-12-22(33-2)23(14-19)34-3)15-24(29)27-21-13-17(25(30)35-4)7-11-20(21)26/h5-14H,15H2,1-4H3,(H,27,29). The van der Waals surface area contributed by atoms with E-state index in [2.05, 4.69) is 5.32 Å². The van der Waals surface area contributed by atoms with Gasteiger partial charge in [-0.15, -0.1) is 0 Å². The van der Waals surface area contributed by atoms with Crippen molar-refractivity contribution in [2.24, 2.45) is 0 Å². The highest BCUT2D eigenvalue weighted by molar-refractivity contribution is 7.92. The van der Waals surface area contributed by atoms with Crippen molar-refractivity contribution in [3.05, 3.63) is 76.8 Å². The smallest absolute Gasteiger partial charge is 0.337 e. The zero-order valence-corrected chi connectivity index (χ0v) is 21.6. The Balaban J connectivity index is 1.99. The average molecular weight is 533 g/mol. The van der Waals surface area contributed by atoms with Gasteiger partial charge in [0.1, 0.15) is 6.54 Å². The van der Waals surface area contributed by atoms with E-state index in [1.54, 1.807) is 24.3 Å². The minimum absolute atomic E-state index is 0.0979. The molecule has 0 heterocycles. The van der Waals surface area contributed by atoms with Gasteiger partial charge in [-0.3, -0.25) is 9.10 Å². The molecule has 0 aliphatic carbocycles. The van der Waals surface area contributed by atoms with E-state index < -0.39 is 28.4 Å². The number of rotatable bonds is 9. The van der Waals surface area contributed by atoms with Gasteiger partial charge in [0.15, 0.2) is 11.5 Å². The molecule has 0 spiro atoms. The lowest BCUT2D eigenvalue weighted by atomic mass is 10.2. The van der Waals surface area contributed by atoms with Crippen LogP contribution in [0.25, 0.3) is 0 Å². The maximum Gasteiger partial charge on any atom is 0.337 e. The zero-order valence-electron chi connectivity index (χ0n) is 20.1. The number of nitrogens with one attached hydrogen (secondary N) is 1. The van der Waals surface area contributed by atoms with Crippen LogP contribution in [0.2, 0.25) is 5.02 Å². The number of nitrogens with zero attached hydrogens (tertiary/aromatic N) is 1. The van der Waals surface area contributed by atoms with Crippen LogP contribution < -0.4 is 19.1 Å². The second-order valence-corrected chi connectivity index (χ2v) is 9.87. The highest BCUT2D eigenvalue weighted by atomic mass is 35.5. The number of anilines is 2. The molecule has 0 atom stereocenters. The number of halogens is 1. The molecule has 0 aliphatic heterocycles. The lowest BCUT2D eigenvalue weighted by Crippen LogP contribution is -2.38. The number of amides is 1. The summed E-state index contributed by atoms with van der Waals surface area (Å²) in [5.74, 6) is -0.711. The Labute approximate surface area is 214 Å². The fourth-order valence-electron chi connectivity index (χ4n) is 3.32. The van der Waals surface area contributed by atoms with Crippen LogP contribution in [-0.4, -0.2) is 48.2 Å². The van der Waals surface area contributed by atoms with Crippen LogP contribution in [-0.2, 0) is 19.6 Å². The van der Waals surface area contributed by atoms with Crippen LogP contribution in [0.3, 0.4) is 0 Å². The third-order valence-electron chi connectivity index (χ3n) is 5.21. The Morgan fingerprint density at radius 2 is 1.58 bits per heavy atom. The molecular formula is C25H25ClN2O7S. The van der Waals surface area contributed by atoms with Gasteiger partial charge in [0.2, 0.25) is 5.91 Å². The predicted octanol–water partition coefficient (Wildman–Crippen LogP) is 4.29. The number of esters is 1. The average Bonchev–Trinajstić information content (AvgIpc) is 2.88. The van der Waals surface area contributed by atoms with Crippen LogP contribution in [0.1, 0.15) is 15.9 Å². The van der Waals surface area contributed by atoms with Crippen molar-refractivity contribution >= 4 is 44.9 Å². The number of hydrogen-bond acceptors (Lipinski definition) is 7. The van der Waals surface area contributed by atoms with Crippen LogP contribution in [0.5, 0.6) is 11.5 Å². The van der Waals surface area contributed by atoms with Gasteiger partial charge in [-0.05, 0) is 49.4 Å². The van der Waals surface area contributed by atoms with Crippen molar-refractivity contribution in [1.29, 1.82) is 0 Å². The first-order valence-electron chi connectivity index (χ1n) is 10.6. The summed E-state index contributed by atoms with van der Waals surface area (Å²) >= 11 is 6.18. The van der Waals surface area contributed by atoms with Gasteiger partial charge < -0.3 is 19.5 Å². The van der Waals surface area contributed by atoms with Crippen LogP contribution >= 0.6 is 11.6 Å². The zero-order chi connectivity index (χ0) is 26.5. The number of ether oxygens (including phenoxy) is 3. The Kier molecular flexibility index (Phi) is 8.44. The Hall–Kier alpha value is -3.76. The van der Waals surface area contributed by atoms with Crippen molar-refractivity contribution in [1.82, 2.24) is 0 Å². The molecule has 190 valence electrons. The summed E-state index contributed by atoms with van der Waals surface area (Å²) in [6.45, 7) is 1.29. The maximum atomic E-state index is 13.7. The normalized spacial score (nSPS) is 10.9. The number of carbonyl (C=O) groups is 2. The molecule has 3 aromatic rings. The molecule has 0 aromatic heterocycles. The van der Waals surface area contributed by atoms with Crippen molar-refractivity contribution in [3.63, 3.8) is 0 Å². The Bertz CT molecular complexity index is 1380. The van der Waals surface area contributed by atoms with Gasteiger partial charge in [-0.25, -0.2) is 13.2 Å². The van der Waals surface area contributed by atoms with E-state index in [0.717, 1.165) is 9.87 Å². The molecule has 9 nitrogen and oxygen atoms in total. The van der Waals surface area contributed by atoms with E-state index >= 15 is 0 Å². The van der Waals surface area contributed by atoms with Gasteiger partial charge in [0.05, 0.1) is 48.2 Å². The van der Waals surface area contributed by atoms with Crippen molar-refractivity contribution in [2.45, 2.75) is 11.8 Å². The topological polar surface area (TPSA) is 111 Å². The molecule has 1 amide bonds. The summed E-state index contributed by atoms with van der Waals surface area (Å²) in [6, 6.07) is 15.1. The van der Waals surface area contributed by atoms with Gasteiger partial charge in [-0.2, -0.15) is 0 Å². The molecule has 3 aromatic carbocycles. The molecule has 0 bridgehead atoms. The third-order valence-corrected chi connectivity index (χ3v) is 7.31. The molecule has 11 heteroatoms. The molecule has 0 unspecified atom stereocenters. The van der Waals surface area contributed by atoms with E-state index in [-0.39, 0.29) is 32.6 Å². The summed E-state index contributed by atoms with van der Waals surface area (Å²) in [7, 11) is -0.154. The SMILES string of the molecule is COC(=O)c1ccc(Cl)c(NC(=O)CN(c2ccc(C)cc2)S(=O)(=O)c2ccc(OC)c(OC)c2)c1. The molecule has 3 rings (SSSR count). The third kappa shape index (κ3) is 5.89. The summed E-state index contributed by atoms with van der Waals surface area (Å²) in [6.07, 6.45) is 0. The quantitative estimate of drug-likeness (QED) is 0.409. The summed E-state index contributed by atoms with van der Waals surface area (Å²) in [4.78, 5) is 24.8. The van der Waals surface area contributed by atoms with Crippen LogP contribution in [0.4, 0.5) is 11.4 Å². The fraction of sp³-hybridized carbons (Fsp3) is 0.200. The molecule has 0 radical (unpaired) electrons. The first-order valence-corrected chi connectivity index (χ1v) is 12.4. The van der Waals surface area contributed by atoms with E-state index in [0.29, 0.717) is 5.75 Å². The highest BCUT2D eigenvalue weighted by Gasteiger charge is 2.28. The fourth-order valence-corrected chi connectivity index (χ4v) is 4.92. The van der Waals surface area contributed by atoms with Crippen molar-refractivity contribution in [3.8, 4) is 11.5 Å². The number of carbonyl (C=O) groups excluding carboxylic acids is 2. The predicted molar refractivity (Wildman–Crippen MR) is 137 cm³/mol. The number of hydrogen-bond donors (Lipinski definition) is 1. The molecule has 0 aliphatic rings. The summed E-state index contributed by atoms with van der Waals surface area (Å²) < 4.78 is 43.5. The first kappa shape index (κ1) is 26.8. The lowest BCUT2D eigenvalue weighted by molar-refractivity contribution is -0.114. The van der Waals surface area contributed by atoms with Gasteiger partial charge >= 0.3 is 5.97 Å². The number of aryl methyl sites for hydroxylation is 1. The Morgan fingerprint density at radius 1 is 0.917 bits per heavy atom. The van der Waals surface area contributed by atoms with E-state index in [1.165, 1.54) is 57.7 Å². The second kappa shape index (κ2) is 11.3. The molecule has 0 saturated heterocycles. The van der Waals surface area contributed by atoms with Crippen LogP contribution in [0, 0.1) is 6.92 Å². The number of sulfonamides is 1. The lowest BCUT2D eigenvalue weighted by Gasteiger charge is -2.25. The van der Waals surface area contributed by atoms with Crippen molar-refractivity contribution in [2.75, 3.05) is 37.5 Å². The maximum absolute atomic E-state index is 13.7. The second-order valence-electron chi connectivity index (χ2n) is 7.60. The van der Waals surface area contributed by atoms with E-state index in [9.17, 15) is 18.0 Å². The molecular weight excluding hydrogens is 508 g/mol. The molecule has 36 heavy (non-hydrogen) atoms. The highest BCUT2D eigenvalue weighted by Crippen LogP contribution is 2.32. The van der Waals surface area contributed by atoms with Gasteiger partial charge in [0, 0.05) is 6.07 Å². The van der Waals surface area contributed by atoms with E-state index in [4.69, 9.17) is 25.8 Å². The first-order chi connectivity index (χ1) is 17.1. The molecule has 1 N–H and O–H groups in total. The van der Waals surface area contributed by atoms with Gasteiger partial charge in [-0.1, -0.05) is 29.3 Å². The minimum Gasteiger partial charge on any atom is -0.493 e. The largest absolute Gasteiger partial charge is 0.493 e. The minimum atomic E-state index is -4.22. The molecule has 0 fully saturated rings. The summed E-state index contributed by atoms with van der Waals surface area (Å²) in [5, 5.41) is 2.74. The molecule has 0 saturated carbocycles. The Morgan fingerprint density at radius 3 is 2.19 bits per heavy atom. The van der Waals surface area contributed by atoms with Crippen LogP contribution in [0.15, 0.2) is 65.6 Å². The van der Waals surface area contributed by atoms with E-state index in [1.807, 2.05) is 6.92 Å².